The van der Waals surface area contributed by atoms with Crippen LogP contribution in [0.5, 0.6) is 0 Å². The maximum absolute atomic E-state index is 10.7. The number of hydrogen-bond acceptors (Lipinski definition) is 3. The van der Waals surface area contributed by atoms with Crippen LogP contribution < -0.4 is 0 Å². The van der Waals surface area contributed by atoms with E-state index in [1.54, 1.807) is 6.07 Å². The third-order valence-corrected chi connectivity index (χ3v) is 1.03. The maximum Gasteiger partial charge on any atom is 0.323 e. The third-order valence-electron chi connectivity index (χ3n) is 1.03. The molecule has 0 spiro atoms. The molecule has 5 nitrogen and oxygen atoms in total. The second-order valence-electron chi connectivity index (χ2n) is 1.98. The summed E-state index contributed by atoms with van der Waals surface area (Å²) in [5.74, 6) is -1.56. The van der Waals surface area contributed by atoms with Crippen molar-refractivity contribution in [2.24, 2.45) is 0 Å². The van der Waals surface area contributed by atoms with E-state index in [0.717, 1.165) is 4.90 Å². The normalized spacial score (nSPS) is 8.36. The van der Waals surface area contributed by atoms with Gasteiger partial charge in [-0.1, -0.05) is 0 Å². The van der Waals surface area contributed by atoms with Gasteiger partial charge in [0, 0.05) is 7.05 Å². The summed E-state index contributed by atoms with van der Waals surface area (Å²) in [6, 6.07) is 1.64. The lowest BCUT2D eigenvalue weighted by molar-refractivity contribution is -0.143. The van der Waals surface area contributed by atoms with Gasteiger partial charge in [0.25, 0.3) is 0 Å². The molecular formula is C6H8N2O3. The average molecular weight is 156 g/mol. The molecule has 1 N–H and O–H groups in total. The highest BCUT2D eigenvalue weighted by Crippen LogP contribution is 1.88. The highest BCUT2D eigenvalue weighted by atomic mass is 16.4. The quantitative estimate of drug-likeness (QED) is 0.594. The smallest absolute Gasteiger partial charge is 0.323 e. The highest BCUT2D eigenvalue weighted by molar-refractivity contribution is 5.82. The molecule has 0 aromatic heterocycles. The molecule has 0 aliphatic carbocycles. The zero-order valence-corrected chi connectivity index (χ0v) is 6.07. The molecular weight excluding hydrogens is 148 g/mol. The monoisotopic (exact) mass is 156 g/mol. The fourth-order valence-corrected chi connectivity index (χ4v) is 0.494. The Labute approximate surface area is 63.8 Å². The van der Waals surface area contributed by atoms with Gasteiger partial charge in [0.05, 0.1) is 6.07 Å². The van der Waals surface area contributed by atoms with Crippen LogP contribution in [0.25, 0.3) is 0 Å². The molecule has 0 atom stereocenters. The van der Waals surface area contributed by atoms with Crippen LogP contribution in [0, 0.1) is 11.3 Å². The number of nitriles is 1. The van der Waals surface area contributed by atoms with E-state index in [1.165, 1.54) is 7.05 Å². The fourth-order valence-electron chi connectivity index (χ4n) is 0.494. The Bertz CT molecular complexity index is 206. The van der Waals surface area contributed by atoms with E-state index >= 15 is 0 Å². The van der Waals surface area contributed by atoms with E-state index in [9.17, 15) is 9.59 Å². The molecule has 0 unspecified atom stereocenters. The van der Waals surface area contributed by atoms with Crippen LogP contribution in [0.15, 0.2) is 0 Å². The maximum atomic E-state index is 10.7. The Balaban J connectivity index is 3.85. The fraction of sp³-hybridized carbons (Fsp3) is 0.500. The number of carboxylic acids is 1. The highest BCUT2D eigenvalue weighted by Gasteiger charge is 2.10. The number of hydrogen-bond donors (Lipinski definition) is 1. The van der Waals surface area contributed by atoms with E-state index in [0.29, 0.717) is 0 Å². The van der Waals surface area contributed by atoms with Gasteiger partial charge in [-0.2, -0.15) is 5.26 Å². The molecule has 5 heteroatoms. The molecule has 0 fully saturated rings. The lowest BCUT2D eigenvalue weighted by Gasteiger charge is -2.11. The van der Waals surface area contributed by atoms with E-state index in [-0.39, 0.29) is 13.0 Å². The van der Waals surface area contributed by atoms with Gasteiger partial charge in [0.1, 0.15) is 13.0 Å². The Morgan fingerprint density at radius 3 is 2.55 bits per heavy atom. The lowest BCUT2D eigenvalue weighted by Crippen LogP contribution is -2.31. The predicted molar refractivity (Wildman–Crippen MR) is 35.5 cm³/mol. The minimum absolute atomic E-state index is 0.274. The molecule has 60 valence electrons. The van der Waals surface area contributed by atoms with Crippen LogP contribution in [0.4, 0.5) is 0 Å². The van der Waals surface area contributed by atoms with Crippen LogP contribution in [-0.2, 0) is 9.59 Å². The SMILES string of the molecule is CN(CC(=O)O)C(=O)CC#N. The second-order valence-corrected chi connectivity index (χ2v) is 1.98. The summed E-state index contributed by atoms with van der Waals surface area (Å²) in [5, 5.41) is 16.3. The number of carbonyl (C=O) groups excluding carboxylic acids is 1. The van der Waals surface area contributed by atoms with Gasteiger partial charge in [-0.05, 0) is 0 Å². The van der Waals surface area contributed by atoms with E-state index < -0.39 is 11.9 Å². The van der Waals surface area contributed by atoms with Crippen molar-refractivity contribution in [3.05, 3.63) is 0 Å². The summed E-state index contributed by atoms with van der Waals surface area (Å²) < 4.78 is 0. The minimum atomic E-state index is -1.08. The van der Waals surface area contributed by atoms with Crippen molar-refractivity contribution in [1.29, 1.82) is 5.26 Å². The second kappa shape index (κ2) is 4.28. The number of amides is 1. The Hall–Kier alpha value is -1.57. The van der Waals surface area contributed by atoms with Gasteiger partial charge in [-0.3, -0.25) is 9.59 Å². The molecule has 0 aliphatic heterocycles. The number of carbonyl (C=O) groups is 2. The largest absolute Gasteiger partial charge is 0.480 e. The van der Waals surface area contributed by atoms with Crippen LogP contribution >= 0.6 is 0 Å². The van der Waals surface area contributed by atoms with Crippen molar-refractivity contribution in [1.82, 2.24) is 4.90 Å². The first kappa shape index (κ1) is 9.43. The molecule has 11 heavy (non-hydrogen) atoms. The first-order valence-electron chi connectivity index (χ1n) is 2.90. The van der Waals surface area contributed by atoms with Crippen LogP contribution in [-0.4, -0.2) is 35.5 Å². The van der Waals surface area contributed by atoms with Crippen LogP contribution in [0.2, 0.25) is 0 Å². The van der Waals surface area contributed by atoms with Crippen molar-refractivity contribution < 1.29 is 14.7 Å². The van der Waals surface area contributed by atoms with Gasteiger partial charge >= 0.3 is 5.97 Å². The van der Waals surface area contributed by atoms with Gasteiger partial charge in [0.2, 0.25) is 5.91 Å². The molecule has 0 saturated heterocycles. The number of likely N-dealkylation sites (N-methyl/N-ethyl adjacent to an activating group) is 1. The van der Waals surface area contributed by atoms with Crippen LogP contribution in [0.3, 0.4) is 0 Å². The zero-order valence-electron chi connectivity index (χ0n) is 6.07. The summed E-state index contributed by atoms with van der Waals surface area (Å²) in [4.78, 5) is 21.8. The average Bonchev–Trinajstić information content (AvgIpc) is 1.86. The molecule has 0 aliphatic rings. The van der Waals surface area contributed by atoms with Crippen LogP contribution in [0.1, 0.15) is 6.42 Å². The first-order chi connectivity index (χ1) is 5.07. The topological polar surface area (TPSA) is 81.4 Å². The molecule has 0 saturated carbocycles. The van der Waals surface area contributed by atoms with Gasteiger partial charge in [0.15, 0.2) is 0 Å². The first-order valence-corrected chi connectivity index (χ1v) is 2.90. The molecule has 0 aromatic carbocycles. The summed E-state index contributed by atoms with van der Waals surface area (Å²) in [7, 11) is 1.34. The molecule has 0 radical (unpaired) electrons. The Kier molecular flexibility index (Phi) is 3.67. The molecule has 0 bridgehead atoms. The van der Waals surface area contributed by atoms with E-state index in [4.69, 9.17) is 10.4 Å². The van der Waals surface area contributed by atoms with Crippen molar-refractivity contribution in [3.8, 4) is 6.07 Å². The number of aliphatic carboxylic acids is 1. The Morgan fingerprint density at radius 1 is 1.64 bits per heavy atom. The Morgan fingerprint density at radius 2 is 2.18 bits per heavy atom. The van der Waals surface area contributed by atoms with Crippen molar-refractivity contribution >= 4 is 11.9 Å². The van der Waals surface area contributed by atoms with Crippen molar-refractivity contribution in [2.75, 3.05) is 13.6 Å². The number of rotatable bonds is 3. The van der Waals surface area contributed by atoms with Crippen molar-refractivity contribution in [3.63, 3.8) is 0 Å². The molecule has 0 rings (SSSR count). The number of carboxylic acid groups (broad SMARTS) is 1. The molecule has 0 heterocycles. The summed E-state index contributed by atoms with van der Waals surface area (Å²) in [6.07, 6.45) is -0.274. The molecule has 0 aromatic rings. The predicted octanol–water partition coefficient (Wildman–Crippen LogP) is -0.557. The lowest BCUT2D eigenvalue weighted by atomic mass is 10.4. The minimum Gasteiger partial charge on any atom is -0.480 e. The van der Waals surface area contributed by atoms with Gasteiger partial charge < -0.3 is 10.0 Å². The third kappa shape index (κ3) is 3.92. The summed E-state index contributed by atoms with van der Waals surface area (Å²) >= 11 is 0. The van der Waals surface area contributed by atoms with E-state index in [1.807, 2.05) is 0 Å². The van der Waals surface area contributed by atoms with Gasteiger partial charge in [-0.15, -0.1) is 0 Å². The van der Waals surface area contributed by atoms with Gasteiger partial charge in [-0.25, -0.2) is 0 Å². The summed E-state index contributed by atoms with van der Waals surface area (Å²) in [5.41, 5.74) is 0. The zero-order chi connectivity index (χ0) is 8.85. The van der Waals surface area contributed by atoms with E-state index in [2.05, 4.69) is 0 Å². The summed E-state index contributed by atoms with van der Waals surface area (Å²) in [6.45, 7) is -0.361. The standard InChI is InChI=1S/C6H8N2O3/c1-8(4-6(10)11)5(9)2-3-7/h2,4H2,1H3,(H,10,11). The van der Waals surface area contributed by atoms with Crippen molar-refractivity contribution in [2.45, 2.75) is 6.42 Å². The molecule has 1 amide bonds. The number of nitrogens with zero attached hydrogens (tertiary/aromatic N) is 2.